The Morgan fingerprint density at radius 3 is 2.02 bits per heavy atom. The zero-order chi connectivity index (χ0) is 40.7. The number of H-pyrrole nitrogens is 1. The third-order valence-corrected chi connectivity index (χ3v) is 8.27. The topological polar surface area (TPSA) is 305 Å². The van der Waals surface area contributed by atoms with Crippen LogP contribution in [0.15, 0.2) is 144 Å². The minimum Gasteiger partial charge on any atom is -0.871 e. The largest absolute Gasteiger partial charge is 3.00 e. The number of benzene rings is 4. The average molecular weight is 830 g/mol. The Hall–Kier alpha value is -7.25. The molecule has 20 nitrogen and oxygen atoms in total. The first-order valence-electron chi connectivity index (χ1n) is 15.8. The predicted molar refractivity (Wildman–Crippen MR) is 193 cm³/mol. The summed E-state index contributed by atoms with van der Waals surface area (Å²) >= 11 is 0. The Balaban J connectivity index is 0.000000251. The van der Waals surface area contributed by atoms with Crippen LogP contribution < -0.4 is 31.5 Å². The number of non-ortho nitro benzene ring substituents is 1. The molecule has 2 heterocycles. The van der Waals surface area contributed by atoms with Gasteiger partial charge in [0.05, 0.1) is 38.3 Å². The smallest absolute Gasteiger partial charge is 0.871 e. The van der Waals surface area contributed by atoms with Crippen molar-refractivity contribution in [3.8, 4) is 22.9 Å². The van der Waals surface area contributed by atoms with Crippen molar-refractivity contribution >= 4 is 50.1 Å². The second-order valence-corrected chi connectivity index (χ2v) is 12.7. The van der Waals surface area contributed by atoms with E-state index in [1.807, 2.05) is 0 Å². The minimum atomic E-state index is -4.74. The van der Waals surface area contributed by atoms with Gasteiger partial charge in [-0.1, -0.05) is 61.4 Å². The Kier molecular flexibility index (Phi) is 13.4. The standard InChI is InChI=1S/C19H16N6O5.C16H14N4O5S.Cr/c1-3-17(27)20-12-4-6-13(7-5-12)24-19(28)18(11(2)23-24)22-21-15-10-14(25(29)30)8-9-16(15)26;1-10-15(16(22)20(19-10)11-5-3-2-4-6-11)18-17-13-9-12(26(23,24)25)7-8-14(13)21;/h3-10,23,26H,1H2,2H3,(H,20,27);2-9H,1H3,(H3,17,18,19,21,22,23,24,25);/q;;+3/p-5. The number of nitro groups is 1. The Morgan fingerprint density at radius 1 is 0.825 bits per heavy atom. The number of aliphatic imine (C=N–C) groups is 1. The van der Waals surface area contributed by atoms with E-state index in [1.165, 1.54) is 4.68 Å². The number of aromatic amines is 1. The fourth-order valence-corrected chi connectivity index (χ4v) is 5.17. The van der Waals surface area contributed by atoms with E-state index in [0.29, 0.717) is 22.8 Å². The van der Waals surface area contributed by atoms with Crippen LogP contribution in [0.2, 0.25) is 0 Å². The van der Waals surface area contributed by atoms with Crippen LogP contribution in [0.3, 0.4) is 0 Å². The van der Waals surface area contributed by atoms with E-state index in [4.69, 9.17) is 0 Å². The number of azo groups is 2. The number of rotatable bonds is 10. The second-order valence-electron chi connectivity index (χ2n) is 11.3. The summed E-state index contributed by atoms with van der Waals surface area (Å²) in [5.41, 5.74) is -0.138. The number of aromatic nitrogens is 4. The zero-order valence-corrected chi connectivity index (χ0v) is 31.5. The van der Waals surface area contributed by atoms with Crippen LogP contribution in [0, 0.1) is 24.0 Å². The quantitative estimate of drug-likeness (QED) is 0.0515. The van der Waals surface area contributed by atoms with E-state index in [1.54, 1.807) is 68.4 Å². The molecule has 0 aliphatic carbocycles. The molecule has 0 saturated heterocycles. The first-order valence-corrected chi connectivity index (χ1v) is 17.2. The molecule has 0 aliphatic rings. The van der Waals surface area contributed by atoms with Gasteiger partial charge in [-0.25, -0.2) is 13.1 Å². The van der Waals surface area contributed by atoms with Gasteiger partial charge in [-0.3, -0.25) is 29.8 Å². The van der Waals surface area contributed by atoms with Gasteiger partial charge in [0, 0.05) is 17.8 Å². The molecule has 57 heavy (non-hydrogen) atoms. The maximum absolute atomic E-state index is 12.7. The molecule has 22 heteroatoms. The van der Waals surface area contributed by atoms with E-state index in [0.717, 1.165) is 47.2 Å². The average Bonchev–Trinajstić information content (AvgIpc) is 3.62. The van der Waals surface area contributed by atoms with Crippen LogP contribution in [0.5, 0.6) is 11.5 Å². The van der Waals surface area contributed by atoms with Gasteiger partial charge in [0.25, 0.3) is 16.8 Å². The third-order valence-electron chi connectivity index (χ3n) is 7.44. The zero-order valence-electron chi connectivity index (χ0n) is 29.4. The number of hydrogen-bond donors (Lipinski definition) is 1. The summed E-state index contributed by atoms with van der Waals surface area (Å²) in [6.45, 7) is 6.47. The van der Waals surface area contributed by atoms with E-state index >= 15 is 0 Å². The van der Waals surface area contributed by atoms with Gasteiger partial charge in [0.1, 0.15) is 15.8 Å². The van der Waals surface area contributed by atoms with Gasteiger partial charge < -0.3 is 29.7 Å². The summed E-state index contributed by atoms with van der Waals surface area (Å²) in [6.07, 6.45) is 1.08. The molecule has 6 aromatic rings. The molecule has 0 aliphatic heterocycles. The SMILES string of the molecule is C=CC([O-])=Nc1ccc(-n2[nH]c(C)c(N=Nc3cc([N+](=O)[O-])ccc3[O-])c2=O)cc1.Cc1[n-]n(-c2ccccc2)c(=O)c1N=Nc1cc(S(=O)(=O)[O-])ccc1[O-].[Cr+3]. The van der Waals surface area contributed by atoms with Gasteiger partial charge in [-0.05, 0) is 61.4 Å². The summed E-state index contributed by atoms with van der Waals surface area (Å²) in [5.74, 6) is -1.69. The van der Waals surface area contributed by atoms with Crippen molar-refractivity contribution in [1.82, 2.24) is 19.6 Å². The molecule has 0 unspecified atom stereocenters. The number of nitro benzene ring substituents is 1. The van der Waals surface area contributed by atoms with Crippen molar-refractivity contribution in [1.29, 1.82) is 0 Å². The molecule has 0 bridgehead atoms. The monoisotopic (exact) mass is 829 g/mol. The van der Waals surface area contributed by atoms with Crippen molar-refractivity contribution in [2.75, 3.05) is 0 Å². The van der Waals surface area contributed by atoms with Gasteiger partial charge in [0.15, 0.2) is 5.69 Å². The van der Waals surface area contributed by atoms with Crippen LogP contribution >= 0.6 is 0 Å². The predicted octanol–water partition coefficient (Wildman–Crippen LogP) is 3.94. The summed E-state index contributed by atoms with van der Waals surface area (Å²) in [7, 11) is -4.74. The maximum Gasteiger partial charge on any atom is 3.00 e. The Labute approximate surface area is 332 Å². The number of nitrogens with one attached hydrogen (secondary N) is 1. The van der Waals surface area contributed by atoms with Crippen molar-refractivity contribution in [2.24, 2.45) is 25.4 Å². The molecular formula is C35H25CrN10O10S-2. The molecule has 1 N–H and O–H groups in total. The first-order chi connectivity index (χ1) is 26.6. The second kappa shape index (κ2) is 17.9. The Morgan fingerprint density at radius 2 is 1.42 bits per heavy atom. The minimum absolute atomic E-state index is 0. The first kappa shape index (κ1) is 42.5. The van der Waals surface area contributed by atoms with Gasteiger partial charge in [-0.15, -0.1) is 15.9 Å². The van der Waals surface area contributed by atoms with Crippen LogP contribution in [-0.4, -0.2) is 38.3 Å². The summed E-state index contributed by atoms with van der Waals surface area (Å²) in [4.78, 5) is 38.5. The molecule has 2 aromatic heterocycles. The summed E-state index contributed by atoms with van der Waals surface area (Å²) in [6, 6.07) is 20.6. The van der Waals surface area contributed by atoms with Crippen molar-refractivity contribution in [3.05, 3.63) is 146 Å². The fourth-order valence-electron chi connectivity index (χ4n) is 4.68. The van der Waals surface area contributed by atoms with Crippen LogP contribution in [0.1, 0.15) is 11.4 Å². The molecule has 0 saturated carbocycles. The van der Waals surface area contributed by atoms with E-state index in [2.05, 4.69) is 42.2 Å². The van der Waals surface area contributed by atoms with E-state index in [9.17, 15) is 48.0 Å². The van der Waals surface area contributed by atoms with Gasteiger partial charge in [-0.2, -0.15) is 10.2 Å². The van der Waals surface area contributed by atoms with Crippen LogP contribution in [0.25, 0.3) is 11.4 Å². The third kappa shape index (κ3) is 10.1. The summed E-state index contributed by atoms with van der Waals surface area (Å²) in [5, 5.41) is 67.6. The van der Waals surface area contributed by atoms with Crippen molar-refractivity contribution in [3.63, 3.8) is 0 Å². The maximum atomic E-state index is 12.7. The van der Waals surface area contributed by atoms with Gasteiger partial charge in [0.2, 0.25) is 0 Å². The van der Waals surface area contributed by atoms with Crippen molar-refractivity contribution < 1.29 is 50.6 Å². The van der Waals surface area contributed by atoms with E-state index < -0.39 is 48.5 Å². The number of nitrogens with zero attached hydrogens (tertiary/aromatic N) is 9. The van der Waals surface area contributed by atoms with Crippen LogP contribution in [0.4, 0.5) is 34.1 Å². The number of aryl methyl sites for hydroxylation is 2. The number of hydrogen-bond acceptors (Lipinski definition) is 15. The molecule has 0 spiro atoms. The van der Waals surface area contributed by atoms with Gasteiger partial charge >= 0.3 is 17.4 Å². The van der Waals surface area contributed by atoms with Crippen LogP contribution in [-0.2, 0) is 27.5 Å². The number of para-hydroxylation sites is 1. The molecule has 289 valence electrons. The normalized spacial score (nSPS) is 11.6. The summed E-state index contributed by atoms with van der Waals surface area (Å²) < 4.78 is 35.5. The molecule has 4 aromatic carbocycles. The molecular weight excluding hydrogens is 805 g/mol. The molecule has 1 radical (unpaired) electrons. The molecule has 0 amide bonds. The molecule has 0 atom stereocenters. The molecule has 6 rings (SSSR count). The Bertz CT molecular complexity index is 2770. The fraction of sp³-hybridized carbons (Fsp3) is 0.0571. The van der Waals surface area contributed by atoms with E-state index in [-0.39, 0.29) is 51.5 Å². The molecule has 0 fully saturated rings. The van der Waals surface area contributed by atoms with Crippen molar-refractivity contribution in [2.45, 2.75) is 18.7 Å².